The molecule has 6 heteroatoms. The summed E-state index contributed by atoms with van der Waals surface area (Å²) in [5.41, 5.74) is 0.982. The van der Waals surface area contributed by atoms with Crippen molar-refractivity contribution in [2.45, 2.75) is 13.5 Å². The largest absolute Gasteiger partial charge is 0.345 e. The molecular weight excluding hydrogens is 206 g/mol. The van der Waals surface area contributed by atoms with Gasteiger partial charge in [0.2, 0.25) is 5.82 Å². The third-order valence-corrected chi connectivity index (χ3v) is 2.00. The normalized spacial score (nSPS) is 10.1. The van der Waals surface area contributed by atoms with Gasteiger partial charge in [0.1, 0.15) is 5.82 Å². The van der Waals surface area contributed by atoms with Crippen LogP contribution < -0.4 is 5.32 Å². The zero-order valence-corrected chi connectivity index (χ0v) is 8.77. The molecule has 0 spiro atoms. The fourth-order valence-electron chi connectivity index (χ4n) is 1.21. The minimum atomic E-state index is -0.291. The van der Waals surface area contributed by atoms with Crippen molar-refractivity contribution in [1.82, 2.24) is 25.5 Å². The van der Waals surface area contributed by atoms with Crippen molar-refractivity contribution < 1.29 is 4.79 Å². The molecule has 6 nitrogen and oxygen atoms in total. The Morgan fingerprint density at radius 3 is 2.81 bits per heavy atom. The second-order valence-electron chi connectivity index (χ2n) is 3.28. The van der Waals surface area contributed by atoms with Gasteiger partial charge in [0.05, 0.1) is 0 Å². The molecule has 0 saturated carbocycles. The Labute approximate surface area is 92.1 Å². The molecule has 2 heterocycles. The number of hydrogen-bond donors (Lipinski definition) is 2. The first kappa shape index (κ1) is 10.3. The summed E-state index contributed by atoms with van der Waals surface area (Å²) in [5.74, 6) is 0.488. The van der Waals surface area contributed by atoms with E-state index in [4.69, 9.17) is 0 Å². The predicted molar refractivity (Wildman–Crippen MR) is 56.5 cm³/mol. The van der Waals surface area contributed by atoms with Gasteiger partial charge in [-0.3, -0.25) is 14.9 Å². The minimum absolute atomic E-state index is 0.159. The van der Waals surface area contributed by atoms with Crippen LogP contribution in [0.3, 0.4) is 0 Å². The van der Waals surface area contributed by atoms with Gasteiger partial charge < -0.3 is 5.32 Å². The van der Waals surface area contributed by atoms with Gasteiger partial charge in [-0.1, -0.05) is 0 Å². The molecule has 0 radical (unpaired) electrons. The molecule has 0 bridgehead atoms. The van der Waals surface area contributed by atoms with Gasteiger partial charge >= 0.3 is 0 Å². The zero-order chi connectivity index (χ0) is 11.4. The van der Waals surface area contributed by atoms with E-state index in [1.807, 2.05) is 12.1 Å². The number of carbonyl (C=O) groups is 1. The molecule has 2 aromatic rings. The van der Waals surface area contributed by atoms with Crippen LogP contribution in [0, 0.1) is 6.92 Å². The minimum Gasteiger partial charge on any atom is -0.345 e. The number of pyridine rings is 1. The van der Waals surface area contributed by atoms with Crippen LogP contribution in [-0.4, -0.2) is 26.1 Å². The number of nitrogens with one attached hydrogen (secondary N) is 2. The first-order valence-corrected chi connectivity index (χ1v) is 4.82. The first-order chi connectivity index (χ1) is 7.75. The highest BCUT2D eigenvalue weighted by Crippen LogP contribution is 1.96. The Morgan fingerprint density at radius 2 is 2.19 bits per heavy atom. The van der Waals surface area contributed by atoms with E-state index < -0.39 is 0 Å². The Kier molecular flexibility index (Phi) is 2.90. The van der Waals surface area contributed by atoms with Crippen molar-refractivity contribution in [1.29, 1.82) is 0 Å². The lowest BCUT2D eigenvalue weighted by Crippen LogP contribution is -2.24. The van der Waals surface area contributed by atoms with Crippen molar-refractivity contribution in [3.8, 4) is 0 Å². The number of amides is 1. The maximum Gasteiger partial charge on any atom is 0.291 e. The number of H-pyrrole nitrogens is 1. The van der Waals surface area contributed by atoms with Gasteiger partial charge in [-0.25, -0.2) is 4.98 Å². The number of aromatic nitrogens is 4. The van der Waals surface area contributed by atoms with Crippen molar-refractivity contribution in [2.75, 3.05) is 0 Å². The highest BCUT2D eigenvalue weighted by Gasteiger charge is 2.09. The molecule has 16 heavy (non-hydrogen) atoms. The van der Waals surface area contributed by atoms with E-state index in [0.717, 1.165) is 5.56 Å². The second-order valence-corrected chi connectivity index (χ2v) is 3.28. The lowest BCUT2D eigenvalue weighted by atomic mass is 10.3. The number of nitrogens with zero attached hydrogens (tertiary/aromatic N) is 3. The van der Waals surface area contributed by atoms with Crippen LogP contribution >= 0.6 is 0 Å². The molecule has 0 aromatic carbocycles. The third kappa shape index (κ3) is 2.41. The van der Waals surface area contributed by atoms with E-state index in [1.165, 1.54) is 0 Å². The van der Waals surface area contributed by atoms with Gasteiger partial charge in [0.25, 0.3) is 5.91 Å². The summed E-state index contributed by atoms with van der Waals surface area (Å²) < 4.78 is 0. The van der Waals surface area contributed by atoms with Crippen molar-refractivity contribution >= 4 is 5.91 Å². The Balaban J connectivity index is 1.94. The Morgan fingerprint density at radius 1 is 1.44 bits per heavy atom. The van der Waals surface area contributed by atoms with Crippen LogP contribution in [0.4, 0.5) is 0 Å². The SMILES string of the molecule is Cc1nc(C(=O)NCc2ccncc2)n[nH]1. The number of aryl methyl sites for hydroxylation is 1. The number of carbonyl (C=O) groups excluding carboxylic acids is 1. The van der Waals surface area contributed by atoms with Crippen LogP contribution in [0.15, 0.2) is 24.5 Å². The third-order valence-electron chi connectivity index (χ3n) is 2.00. The fraction of sp³-hybridized carbons (Fsp3) is 0.200. The average Bonchev–Trinajstić information content (AvgIpc) is 2.74. The topological polar surface area (TPSA) is 83.6 Å². The standard InChI is InChI=1S/C10H11N5O/c1-7-13-9(15-14-7)10(16)12-6-8-2-4-11-5-3-8/h2-5H,6H2,1H3,(H,12,16)(H,13,14,15). The number of hydrogen-bond acceptors (Lipinski definition) is 4. The maximum atomic E-state index is 11.6. The maximum absolute atomic E-state index is 11.6. The lowest BCUT2D eigenvalue weighted by molar-refractivity contribution is 0.0941. The lowest BCUT2D eigenvalue weighted by Gasteiger charge is -2.01. The van der Waals surface area contributed by atoms with Gasteiger partial charge in [-0.2, -0.15) is 0 Å². The first-order valence-electron chi connectivity index (χ1n) is 4.82. The summed E-state index contributed by atoms with van der Waals surface area (Å²) in [4.78, 5) is 19.4. The van der Waals surface area contributed by atoms with Gasteiger partial charge in [0.15, 0.2) is 0 Å². The highest BCUT2D eigenvalue weighted by atomic mass is 16.2. The summed E-state index contributed by atoms with van der Waals surface area (Å²) in [6.45, 7) is 2.18. The molecule has 1 amide bonds. The number of aromatic amines is 1. The molecular formula is C10H11N5O. The van der Waals surface area contributed by atoms with Gasteiger partial charge in [-0.15, -0.1) is 5.10 Å². The molecule has 0 saturated heterocycles. The molecule has 2 N–H and O–H groups in total. The van der Waals surface area contributed by atoms with E-state index in [2.05, 4.69) is 25.5 Å². The molecule has 82 valence electrons. The predicted octanol–water partition coefficient (Wildman–Crippen LogP) is 0.438. The summed E-state index contributed by atoms with van der Waals surface area (Å²) in [5, 5.41) is 9.10. The molecule has 0 aliphatic heterocycles. The van der Waals surface area contributed by atoms with Gasteiger partial charge in [0, 0.05) is 18.9 Å². The van der Waals surface area contributed by atoms with Crippen LogP contribution in [0.25, 0.3) is 0 Å². The van der Waals surface area contributed by atoms with E-state index in [9.17, 15) is 4.79 Å². The zero-order valence-electron chi connectivity index (χ0n) is 8.77. The molecule has 0 fully saturated rings. The summed E-state index contributed by atoms with van der Waals surface area (Å²) in [6, 6.07) is 3.67. The van der Waals surface area contributed by atoms with E-state index in [-0.39, 0.29) is 11.7 Å². The van der Waals surface area contributed by atoms with Crippen molar-refractivity contribution in [2.24, 2.45) is 0 Å². The second kappa shape index (κ2) is 4.52. The smallest absolute Gasteiger partial charge is 0.291 e. The van der Waals surface area contributed by atoms with Crippen LogP contribution in [0.2, 0.25) is 0 Å². The highest BCUT2D eigenvalue weighted by molar-refractivity contribution is 5.90. The van der Waals surface area contributed by atoms with E-state index >= 15 is 0 Å². The summed E-state index contributed by atoms with van der Waals surface area (Å²) in [7, 11) is 0. The quantitative estimate of drug-likeness (QED) is 0.781. The van der Waals surface area contributed by atoms with Crippen LogP contribution in [0.5, 0.6) is 0 Å². The number of rotatable bonds is 3. The molecule has 0 aliphatic carbocycles. The Hall–Kier alpha value is -2.24. The van der Waals surface area contributed by atoms with E-state index in [1.54, 1.807) is 19.3 Å². The molecule has 2 rings (SSSR count). The summed E-state index contributed by atoms with van der Waals surface area (Å²) >= 11 is 0. The van der Waals surface area contributed by atoms with Gasteiger partial charge in [-0.05, 0) is 24.6 Å². The monoisotopic (exact) mass is 217 g/mol. The molecule has 0 atom stereocenters. The van der Waals surface area contributed by atoms with Crippen LogP contribution in [-0.2, 0) is 6.54 Å². The summed E-state index contributed by atoms with van der Waals surface area (Å²) in [6.07, 6.45) is 3.36. The molecule has 0 unspecified atom stereocenters. The molecule has 2 aromatic heterocycles. The average molecular weight is 217 g/mol. The van der Waals surface area contributed by atoms with Crippen molar-refractivity contribution in [3.05, 3.63) is 41.7 Å². The van der Waals surface area contributed by atoms with Crippen molar-refractivity contribution in [3.63, 3.8) is 0 Å². The van der Waals surface area contributed by atoms with E-state index in [0.29, 0.717) is 12.4 Å². The molecule has 0 aliphatic rings. The Bertz CT molecular complexity index is 479. The fourth-order valence-corrected chi connectivity index (χ4v) is 1.21. The van der Waals surface area contributed by atoms with Crippen LogP contribution in [0.1, 0.15) is 22.0 Å².